The molecule has 30 heavy (non-hydrogen) atoms. The van der Waals surface area contributed by atoms with E-state index in [-0.39, 0.29) is 61.2 Å². The van der Waals surface area contributed by atoms with Crippen LogP contribution in [0.25, 0.3) is 0 Å². The maximum absolute atomic E-state index is 11.7. The molecule has 6 saturated heterocycles. The fraction of sp³-hybridized carbons (Fsp3) is 0.864. The first-order valence-electron chi connectivity index (χ1n) is 11.1. The average Bonchev–Trinajstić information content (AvgIpc) is 3.11. The zero-order valence-electron chi connectivity index (χ0n) is 17.7. The van der Waals surface area contributed by atoms with Crippen LogP contribution in [0.5, 0.6) is 0 Å². The molecule has 0 amide bonds. The minimum atomic E-state index is -0.795. The lowest BCUT2D eigenvalue weighted by atomic mass is 9.87. The number of ether oxygens (including phenoxy) is 6. The summed E-state index contributed by atoms with van der Waals surface area (Å²) in [6, 6.07) is 0. The molecule has 0 aliphatic carbocycles. The largest absolute Gasteiger partial charge is 0.469 e. The third-order valence-electron chi connectivity index (χ3n) is 7.09. The Morgan fingerprint density at radius 3 is 2.60 bits per heavy atom. The van der Waals surface area contributed by atoms with Crippen LogP contribution in [0.2, 0.25) is 0 Å². The molecule has 0 spiro atoms. The molecule has 1 N–H and O–H groups in total. The lowest BCUT2D eigenvalue weighted by molar-refractivity contribution is -0.293. The molecule has 0 aromatic rings. The highest BCUT2D eigenvalue weighted by atomic mass is 16.8. The summed E-state index contributed by atoms with van der Waals surface area (Å²) in [4.78, 5) is 11.7. The van der Waals surface area contributed by atoms with Crippen LogP contribution >= 0.6 is 0 Å². The molecule has 1 unspecified atom stereocenters. The first-order chi connectivity index (χ1) is 14.4. The molecule has 168 valence electrons. The van der Waals surface area contributed by atoms with E-state index < -0.39 is 11.9 Å². The van der Waals surface area contributed by atoms with Gasteiger partial charge in [-0.3, -0.25) is 4.79 Å². The summed E-state index contributed by atoms with van der Waals surface area (Å²) in [5.74, 6) is -1.07. The highest BCUT2D eigenvalue weighted by molar-refractivity contribution is 5.69. The minimum Gasteiger partial charge on any atom is -0.469 e. The van der Waals surface area contributed by atoms with E-state index >= 15 is 0 Å². The Labute approximate surface area is 176 Å². The molecule has 6 aliphatic rings. The number of carbonyl (C=O) groups is 1. The lowest BCUT2D eigenvalue weighted by Gasteiger charge is -2.47. The fourth-order valence-corrected chi connectivity index (χ4v) is 5.79. The van der Waals surface area contributed by atoms with Gasteiger partial charge in [0, 0.05) is 12.8 Å². The molecule has 0 saturated carbocycles. The van der Waals surface area contributed by atoms with Gasteiger partial charge in [0.15, 0.2) is 5.79 Å². The third-order valence-corrected chi connectivity index (χ3v) is 7.09. The second kappa shape index (κ2) is 7.83. The van der Waals surface area contributed by atoms with Crippen molar-refractivity contribution in [2.24, 2.45) is 0 Å². The zero-order valence-corrected chi connectivity index (χ0v) is 17.7. The Hall–Kier alpha value is -1.03. The molecular formula is C22H32O8. The van der Waals surface area contributed by atoms with Crippen LogP contribution in [-0.2, 0) is 33.2 Å². The van der Waals surface area contributed by atoms with Crippen LogP contribution in [0.3, 0.4) is 0 Å². The highest BCUT2D eigenvalue weighted by Gasteiger charge is 2.68. The SMILES string of the molecule is C=C(C)C[C@@H](O)CC[C@@]12CC3O[C@H]4[C@@H](O1)[C@H]1O[C@@H](CC(=O)OC)CC[C@@H]1O[C@H]4[C@H]3O2. The lowest BCUT2D eigenvalue weighted by Crippen LogP contribution is -2.61. The molecule has 6 aliphatic heterocycles. The highest BCUT2D eigenvalue weighted by Crippen LogP contribution is 2.53. The Kier molecular flexibility index (Phi) is 5.44. The quantitative estimate of drug-likeness (QED) is 0.487. The molecule has 6 fully saturated rings. The van der Waals surface area contributed by atoms with Gasteiger partial charge in [-0.05, 0) is 32.6 Å². The molecule has 6 heterocycles. The van der Waals surface area contributed by atoms with Gasteiger partial charge in [-0.1, -0.05) is 5.57 Å². The molecule has 8 nitrogen and oxygen atoms in total. The zero-order chi connectivity index (χ0) is 21.0. The Balaban J connectivity index is 1.32. The first kappa shape index (κ1) is 20.8. The molecular weight excluding hydrogens is 392 g/mol. The van der Waals surface area contributed by atoms with Crippen molar-refractivity contribution < 1.29 is 38.3 Å². The fourth-order valence-electron chi connectivity index (χ4n) is 5.79. The summed E-state index contributed by atoms with van der Waals surface area (Å²) in [5.41, 5.74) is 0.956. The van der Waals surface area contributed by atoms with E-state index in [0.29, 0.717) is 25.7 Å². The number of methoxy groups -OCH3 is 1. The maximum atomic E-state index is 11.7. The molecule has 8 heteroatoms. The first-order valence-corrected chi connectivity index (χ1v) is 11.1. The van der Waals surface area contributed by atoms with Crippen molar-refractivity contribution >= 4 is 5.97 Å². The van der Waals surface area contributed by atoms with Gasteiger partial charge >= 0.3 is 5.97 Å². The van der Waals surface area contributed by atoms with Gasteiger partial charge in [-0.2, -0.15) is 0 Å². The topological polar surface area (TPSA) is 92.7 Å². The van der Waals surface area contributed by atoms with Crippen molar-refractivity contribution in [2.75, 3.05) is 7.11 Å². The molecule has 6 bridgehead atoms. The number of fused-ring (bicyclic) bond motifs is 1. The molecule has 10 atom stereocenters. The van der Waals surface area contributed by atoms with Crippen molar-refractivity contribution in [3.8, 4) is 0 Å². The summed E-state index contributed by atoms with van der Waals surface area (Å²) >= 11 is 0. The van der Waals surface area contributed by atoms with Crippen molar-refractivity contribution in [2.45, 2.75) is 113 Å². The van der Waals surface area contributed by atoms with Gasteiger partial charge in [0.25, 0.3) is 0 Å². The second-order valence-electron chi connectivity index (χ2n) is 9.49. The van der Waals surface area contributed by atoms with Crippen LogP contribution in [0, 0.1) is 0 Å². The van der Waals surface area contributed by atoms with Gasteiger partial charge < -0.3 is 33.5 Å². The normalized spacial score (nSPS) is 46.9. The van der Waals surface area contributed by atoms with E-state index in [2.05, 4.69) is 6.58 Å². The number of hydrogen-bond acceptors (Lipinski definition) is 8. The molecule has 0 aromatic heterocycles. The second-order valence-corrected chi connectivity index (χ2v) is 9.49. The average molecular weight is 424 g/mol. The van der Waals surface area contributed by atoms with E-state index in [1.54, 1.807) is 0 Å². The van der Waals surface area contributed by atoms with Crippen LogP contribution in [-0.4, -0.2) is 78.9 Å². The summed E-state index contributed by atoms with van der Waals surface area (Å²) < 4.78 is 36.8. The van der Waals surface area contributed by atoms with Crippen molar-refractivity contribution in [3.63, 3.8) is 0 Å². The molecule has 0 aromatic carbocycles. The molecule has 6 rings (SSSR count). The van der Waals surface area contributed by atoms with Crippen molar-refractivity contribution in [1.82, 2.24) is 0 Å². The van der Waals surface area contributed by atoms with Crippen LogP contribution in [0.15, 0.2) is 12.2 Å². The predicted octanol–water partition coefficient (Wildman–Crippen LogP) is 1.62. The van der Waals surface area contributed by atoms with E-state index in [9.17, 15) is 9.90 Å². The van der Waals surface area contributed by atoms with Crippen LogP contribution < -0.4 is 0 Å². The number of aliphatic hydroxyl groups is 1. The number of rotatable bonds is 7. The van der Waals surface area contributed by atoms with Crippen molar-refractivity contribution in [1.29, 1.82) is 0 Å². The third kappa shape index (κ3) is 3.61. The van der Waals surface area contributed by atoms with Gasteiger partial charge in [-0.15, -0.1) is 6.58 Å². The maximum Gasteiger partial charge on any atom is 0.308 e. The smallest absolute Gasteiger partial charge is 0.308 e. The van der Waals surface area contributed by atoms with Crippen LogP contribution in [0.1, 0.15) is 51.9 Å². The standard InChI is InChI=1S/C22H32O8/c1-11(2)8-12(23)6-7-22-10-15-18(29-22)19-20(28-15)21(30-22)17-14(27-19)5-4-13(26-17)9-16(24)25-3/h12-15,17-21,23H,1,4-10H2,2-3H3/t12-,13+,14-,15?,17-,18-,19-,20+,21-,22-/m0/s1. The van der Waals surface area contributed by atoms with Gasteiger partial charge in [0.1, 0.15) is 30.5 Å². The Morgan fingerprint density at radius 2 is 1.83 bits per heavy atom. The van der Waals surface area contributed by atoms with Crippen molar-refractivity contribution in [3.05, 3.63) is 12.2 Å². The van der Waals surface area contributed by atoms with E-state index in [4.69, 9.17) is 28.4 Å². The minimum absolute atomic E-state index is 0.0608. The van der Waals surface area contributed by atoms with Crippen LogP contribution in [0.4, 0.5) is 0 Å². The molecule has 0 radical (unpaired) electrons. The Bertz CT molecular complexity index is 697. The van der Waals surface area contributed by atoms with E-state index in [1.807, 2.05) is 6.92 Å². The Morgan fingerprint density at radius 1 is 1.10 bits per heavy atom. The summed E-state index contributed by atoms with van der Waals surface area (Å²) in [5, 5.41) is 10.3. The predicted molar refractivity (Wildman–Crippen MR) is 104 cm³/mol. The van der Waals surface area contributed by atoms with E-state index in [1.165, 1.54) is 7.11 Å². The number of aliphatic hydroxyl groups excluding tert-OH is 1. The van der Waals surface area contributed by atoms with E-state index in [0.717, 1.165) is 18.4 Å². The number of carbonyl (C=O) groups excluding carboxylic acids is 1. The van der Waals surface area contributed by atoms with Gasteiger partial charge in [0.05, 0.1) is 37.9 Å². The summed E-state index contributed by atoms with van der Waals surface area (Å²) in [7, 11) is 1.39. The van der Waals surface area contributed by atoms with Gasteiger partial charge in [-0.25, -0.2) is 0 Å². The monoisotopic (exact) mass is 424 g/mol. The summed E-state index contributed by atoms with van der Waals surface area (Å²) in [6.07, 6.45) is 2.11. The summed E-state index contributed by atoms with van der Waals surface area (Å²) in [6.45, 7) is 5.80. The number of hydrogen-bond donors (Lipinski definition) is 1. The number of esters is 1. The van der Waals surface area contributed by atoms with Gasteiger partial charge in [0.2, 0.25) is 0 Å².